The third-order valence-corrected chi connectivity index (χ3v) is 10.4. The zero-order chi connectivity index (χ0) is 26.5. The van der Waals surface area contributed by atoms with Crippen LogP contribution in [0.5, 0.6) is 0 Å². The number of β-amino-alcohol motifs (C(OH)–C–C–N with tert-alkyl or cyclic N) is 1. The Morgan fingerprint density at radius 1 is 1.32 bits per heavy atom. The minimum absolute atomic E-state index is 0.0640. The van der Waals surface area contributed by atoms with Crippen LogP contribution < -0.4 is 5.32 Å². The van der Waals surface area contributed by atoms with E-state index in [1.54, 1.807) is 31.5 Å². The van der Waals surface area contributed by atoms with Gasteiger partial charge in [0.25, 0.3) is 12.4 Å². The molecule has 2 saturated heterocycles. The predicted molar refractivity (Wildman–Crippen MR) is 146 cm³/mol. The van der Waals surface area contributed by atoms with Crippen molar-refractivity contribution in [2.24, 2.45) is 4.99 Å². The number of hydrogen-bond donors (Lipinski definition) is 2. The minimum Gasteiger partial charge on any atom is -0.391 e. The van der Waals surface area contributed by atoms with Crippen LogP contribution in [-0.2, 0) is 25.0 Å². The van der Waals surface area contributed by atoms with Crippen molar-refractivity contribution in [2.75, 3.05) is 13.1 Å². The Labute approximate surface area is 221 Å². The molecule has 3 aliphatic rings. The second kappa shape index (κ2) is 9.64. The van der Waals surface area contributed by atoms with E-state index in [0.717, 1.165) is 21.7 Å². The van der Waals surface area contributed by atoms with Crippen LogP contribution in [-0.4, -0.2) is 90.8 Å². The van der Waals surface area contributed by atoms with E-state index < -0.39 is 33.6 Å². The molecule has 1 aromatic carbocycles. The molecule has 0 aliphatic carbocycles. The van der Waals surface area contributed by atoms with Crippen LogP contribution in [0.3, 0.4) is 0 Å². The number of nitrogens with zero attached hydrogens (tertiary/aromatic N) is 4. The Kier molecular flexibility index (Phi) is 6.80. The minimum atomic E-state index is -3.54. The molecule has 2 aromatic rings. The highest BCUT2D eigenvalue weighted by Crippen LogP contribution is 2.34. The molecule has 0 spiro atoms. The highest BCUT2D eigenvalue weighted by molar-refractivity contribution is 8.17. The molecule has 2 N–H and O–H groups in total. The maximum Gasteiger partial charge on any atom is 0.277 e. The van der Waals surface area contributed by atoms with E-state index in [2.05, 4.69) is 15.3 Å². The molecule has 5 rings (SSSR count). The maximum atomic E-state index is 13.6. The fraction of sp³-hybridized carbons (Fsp3) is 0.478. The molecule has 37 heavy (non-hydrogen) atoms. The number of aliphatic imine (C=N–C) groups is 1. The number of amidine groups is 1. The van der Waals surface area contributed by atoms with Crippen molar-refractivity contribution < 1.29 is 23.1 Å². The fourth-order valence-electron chi connectivity index (χ4n) is 5.44. The number of aliphatic hydroxyl groups is 1. The van der Waals surface area contributed by atoms with Crippen LogP contribution in [0, 0.1) is 6.92 Å². The maximum absolute atomic E-state index is 13.6. The number of aromatic nitrogens is 1. The first-order chi connectivity index (χ1) is 17.5. The van der Waals surface area contributed by atoms with E-state index >= 15 is 0 Å². The Morgan fingerprint density at radius 3 is 2.70 bits per heavy atom. The zero-order valence-electron chi connectivity index (χ0n) is 21.0. The van der Waals surface area contributed by atoms with E-state index in [-0.39, 0.29) is 31.2 Å². The first kappa shape index (κ1) is 26.1. The van der Waals surface area contributed by atoms with Gasteiger partial charge in [0.1, 0.15) is 17.4 Å². The van der Waals surface area contributed by atoms with Crippen LogP contribution in [0.1, 0.15) is 37.4 Å². The molecule has 2 amide bonds. The Bertz CT molecular complexity index is 1370. The van der Waals surface area contributed by atoms with Crippen LogP contribution in [0.15, 0.2) is 34.8 Å². The first-order valence-corrected chi connectivity index (χ1v) is 14.9. The molecule has 10 nitrogen and oxygen atoms in total. The van der Waals surface area contributed by atoms with Crippen LogP contribution in [0.4, 0.5) is 0 Å². The van der Waals surface area contributed by atoms with E-state index in [1.165, 1.54) is 9.21 Å². The average molecular weight is 541 g/mol. The van der Waals surface area contributed by atoms with Crippen molar-refractivity contribution in [3.05, 3.63) is 41.0 Å². The molecule has 14 heteroatoms. The molecular formula is C23H29B2N5O5S2. The summed E-state index contributed by atoms with van der Waals surface area (Å²) in [7, 11) is -1.98. The van der Waals surface area contributed by atoms with E-state index in [4.69, 9.17) is 0 Å². The van der Waals surface area contributed by atoms with Gasteiger partial charge >= 0.3 is 0 Å². The number of aliphatic hydroxyl groups excluding tert-OH is 1. The second-order valence-electron chi connectivity index (χ2n) is 9.96. The first-order valence-electron chi connectivity index (χ1n) is 12.5. The summed E-state index contributed by atoms with van der Waals surface area (Å²) in [6.45, 7) is 4.08. The average Bonchev–Trinajstić information content (AvgIpc) is 3.66. The lowest BCUT2D eigenvalue weighted by Gasteiger charge is -2.32. The Hall–Kier alpha value is -2.54. The lowest BCUT2D eigenvalue weighted by atomic mass is 9.79. The summed E-state index contributed by atoms with van der Waals surface area (Å²) in [5.41, 5.74) is 3.37. The number of amides is 2. The van der Waals surface area contributed by atoms with Gasteiger partial charge in [0.15, 0.2) is 9.87 Å². The molecular weight excluding hydrogens is 512 g/mol. The summed E-state index contributed by atoms with van der Waals surface area (Å²) < 4.78 is 26.4. The third-order valence-electron chi connectivity index (χ3n) is 7.59. The van der Waals surface area contributed by atoms with Gasteiger partial charge in [0.2, 0.25) is 5.91 Å². The van der Waals surface area contributed by atoms with Gasteiger partial charge in [0.05, 0.1) is 36.0 Å². The van der Waals surface area contributed by atoms with Gasteiger partial charge in [-0.05, 0) is 37.8 Å². The smallest absolute Gasteiger partial charge is 0.277 e. The number of likely N-dealkylation sites (tertiary alicyclic amines) is 1. The molecule has 4 atom stereocenters. The van der Waals surface area contributed by atoms with Gasteiger partial charge in [-0.1, -0.05) is 24.3 Å². The molecule has 0 saturated carbocycles. The van der Waals surface area contributed by atoms with E-state index in [1.807, 2.05) is 31.2 Å². The fourth-order valence-corrected chi connectivity index (χ4v) is 7.57. The summed E-state index contributed by atoms with van der Waals surface area (Å²) in [6, 6.07) is 6.23. The number of benzene rings is 1. The van der Waals surface area contributed by atoms with Crippen molar-refractivity contribution in [2.45, 2.75) is 56.8 Å². The topological polar surface area (TPSA) is 132 Å². The molecule has 0 radical (unpaired) electrons. The van der Waals surface area contributed by atoms with Gasteiger partial charge in [-0.15, -0.1) is 11.3 Å². The lowest BCUT2D eigenvalue weighted by molar-refractivity contribution is -0.134. The van der Waals surface area contributed by atoms with E-state index in [9.17, 15) is 23.1 Å². The highest BCUT2D eigenvalue weighted by Gasteiger charge is 2.49. The summed E-state index contributed by atoms with van der Waals surface area (Å²) in [6.07, 6.45) is 0.381. The summed E-state index contributed by atoms with van der Waals surface area (Å²) in [4.78, 5) is 37.9. The Balaban J connectivity index is 1.37. The normalized spacial score (nSPS) is 28.4. The molecule has 1 aromatic heterocycles. The van der Waals surface area contributed by atoms with Crippen molar-refractivity contribution in [3.8, 4) is 10.4 Å². The number of aryl methyl sites for hydroxylation is 1. The molecule has 3 aliphatic heterocycles. The standard InChI is InChI=1S/C23H29B2N5O5S2/c1-13-19(36-12-26-13)14-5-7-15(8-6-14)23(2)22(33)27-20(28-23)18-10-16(31)11-29(18)21(32)17-4-3-9-30(17)37(34,35)25-24/h5-8,12,16-18,25,31H,3-4,9-11,24H2,1-2H3,(H,27,28,33)/t16-,17-,18?,23+/m1/s1. The van der Waals surface area contributed by atoms with E-state index in [0.29, 0.717) is 25.2 Å². The van der Waals surface area contributed by atoms with Crippen molar-refractivity contribution >= 4 is 53.0 Å². The highest BCUT2D eigenvalue weighted by atomic mass is 32.2. The number of carbonyl (C=O) groups is 2. The number of nitrogens with one attached hydrogen (secondary N) is 1. The monoisotopic (exact) mass is 541 g/mol. The Morgan fingerprint density at radius 2 is 2.05 bits per heavy atom. The number of thiazole rings is 1. The quantitative estimate of drug-likeness (QED) is 0.473. The van der Waals surface area contributed by atoms with Crippen LogP contribution >= 0.6 is 11.3 Å². The van der Waals surface area contributed by atoms with Crippen LogP contribution in [0.2, 0.25) is 0 Å². The van der Waals surface area contributed by atoms with Gasteiger partial charge in [-0.25, -0.2) is 17.7 Å². The molecule has 0 bridgehead atoms. The molecule has 194 valence electrons. The second-order valence-corrected chi connectivity index (χ2v) is 13.0. The third kappa shape index (κ3) is 4.53. The number of carbonyl (C=O) groups excluding carboxylic acids is 2. The van der Waals surface area contributed by atoms with Gasteiger partial charge < -0.3 is 15.3 Å². The lowest BCUT2D eigenvalue weighted by Crippen LogP contribution is -2.54. The molecule has 1 unspecified atom stereocenters. The molecule has 2 fully saturated rings. The number of hydrogen-bond acceptors (Lipinski definition) is 8. The summed E-state index contributed by atoms with van der Waals surface area (Å²) in [5.74, 6) is -0.414. The largest absolute Gasteiger partial charge is 0.391 e. The summed E-state index contributed by atoms with van der Waals surface area (Å²) >= 11 is 1.56. The van der Waals surface area contributed by atoms with Gasteiger partial charge in [0, 0.05) is 19.5 Å². The zero-order valence-corrected chi connectivity index (χ0v) is 22.7. The SMILES string of the molecule is BBS(=O)(=O)N1CCC[C@@H]1C(=O)N1C[C@H](O)CC1C1=NC(=O)[C@](C)(c2ccc(-c3scnc3C)cc2)N1. The summed E-state index contributed by atoms with van der Waals surface area (Å²) in [5, 5.41) is 13.7. The van der Waals surface area contributed by atoms with Crippen molar-refractivity contribution in [1.82, 2.24) is 19.5 Å². The number of rotatable bonds is 6. The van der Waals surface area contributed by atoms with Crippen LogP contribution in [0.25, 0.3) is 10.4 Å². The van der Waals surface area contributed by atoms with Crippen molar-refractivity contribution in [3.63, 3.8) is 0 Å². The molecule has 4 heterocycles. The van der Waals surface area contributed by atoms with Gasteiger partial charge in [-0.3, -0.25) is 9.59 Å². The van der Waals surface area contributed by atoms with Crippen molar-refractivity contribution in [1.29, 1.82) is 0 Å². The predicted octanol–water partition coefficient (Wildman–Crippen LogP) is -0.482. The van der Waals surface area contributed by atoms with Gasteiger partial charge in [-0.2, -0.15) is 4.99 Å².